The zero-order valence-electron chi connectivity index (χ0n) is 13.7. The molecule has 0 spiro atoms. The van der Waals surface area contributed by atoms with Crippen molar-refractivity contribution in [3.63, 3.8) is 0 Å². The van der Waals surface area contributed by atoms with Crippen LogP contribution in [0.2, 0.25) is 0 Å². The highest BCUT2D eigenvalue weighted by atomic mass is 16.4. The van der Waals surface area contributed by atoms with Gasteiger partial charge in [-0.25, -0.2) is 4.79 Å². The quantitative estimate of drug-likeness (QED) is 0.321. The lowest BCUT2D eigenvalue weighted by Crippen LogP contribution is -2.47. The minimum absolute atomic E-state index is 0.0919. The molecule has 1 amide bonds. The van der Waals surface area contributed by atoms with E-state index < -0.39 is 24.8 Å². The van der Waals surface area contributed by atoms with Crippen LogP contribution in [-0.2, 0) is 11.2 Å². The number of phenols is 1. The van der Waals surface area contributed by atoms with Crippen molar-refractivity contribution in [3.8, 4) is 5.75 Å². The largest absolute Gasteiger partial charge is 0.507 e. The fourth-order valence-electron chi connectivity index (χ4n) is 2.39. The number of aromatic hydroxyl groups is 1. The molecule has 0 fully saturated rings. The van der Waals surface area contributed by atoms with Gasteiger partial charge >= 0.3 is 13.1 Å². The van der Waals surface area contributed by atoms with Crippen LogP contribution in [0.4, 0.5) is 0 Å². The number of benzene rings is 1. The minimum atomic E-state index is -1.82. The van der Waals surface area contributed by atoms with Crippen LogP contribution in [0.1, 0.15) is 54.9 Å². The lowest BCUT2D eigenvalue weighted by atomic mass is 9.75. The topological polar surface area (TPSA) is 127 Å². The van der Waals surface area contributed by atoms with E-state index >= 15 is 0 Å². The Kier molecular flexibility index (Phi) is 8.28. The maximum Gasteiger partial charge on any atom is 0.475 e. The van der Waals surface area contributed by atoms with E-state index in [1.165, 1.54) is 18.2 Å². The Morgan fingerprint density at radius 1 is 1.21 bits per heavy atom. The molecule has 1 atom stereocenters. The smallest absolute Gasteiger partial charge is 0.475 e. The van der Waals surface area contributed by atoms with Gasteiger partial charge in [0, 0.05) is 6.42 Å². The van der Waals surface area contributed by atoms with Crippen LogP contribution in [0.15, 0.2) is 18.2 Å². The van der Waals surface area contributed by atoms with E-state index in [-0.39, 0.29) is 29.9 Å². The van der Waals surface area contributed by atoms with Gasteiger partial charge < -0.3 is 25.6 Å². The molecular weight excluding hydrogens is 313 g/mol. The van der Waals surface area contributed by atoms with Crippen molar-refractivity contribution in [2.24, 2.45) is 0 Å². The first-order valence-corrected chi connectivity index (χ1v) is 8.06. The Morgan fingerprint density at radius 3 is 2.50 bits per heavy atom. The summed E-state index contributed by atoms with van der Waals surface area (Å²) in [5.74, 6) is -3.06. The number of aromatic carboxylic acids is 1. The van der Waals surface area contributed by atoms with Crippen LogP contribution < -0.4 is 5.32 Å². The highest BCUT2D eigenvalue weighted by molar-refractivity contribution is 6.43. The third kappa shape index (κ3) is 6.21. The lowest BCUT2D eigenvalue weighted by Gasteiger charge is -2.19. The molecule has 7 nitrogen and oxygen atoms in total. The van der Waals surface area contributed by atoms with Crippen molar-refractivity contribution in [1.29, 1.82) is 0 Å². The molecule has 0 bridgehead atoms. The average Bonchev–Trinajstić information content (AvgIpc) is 2.52. The number of hydrogen-bond donors (Lipinski definition) is 5. The maximum absolute atomic E-state index is 11.9. The molecule has 0 radical (unpaired) electrons. The molecule has 5 N–H and O–H groups in total. The van der Waals surface area contributed by atoms with Crippen molar-refractivity contribution >= 4 is 19.0 Å². The van der Waals surface area contributed by atoms with E-state index in [0.717, 1.165) is 19.3 Å². The van der Waals surface area contributed by atoms with Gasteiger partial charge in [0.25, 0.3) is 0 Å². The number of hydrogen-bond acceptors (Lipinski definition) is 5. The Labute approximate surface area is 141 Å². The van der Waals surface area contributed by atoms with E-state index in [1.807, 2.05) is 0 Å². The van der Waals surface area contributed by atoms with E-state index in [1.54, 1.807) is 0 Å². The van der Waals surface area contributed by atoms with Crippen LogP contribution in [0, 0.1) is 0 Å². The number of carboxylic acids is 1. The van der Waals surface area contributed by atoms with Gasteiger partial charge in [-0.15, -0.1) is 0 Å². The summed E-state index contributed by atoms with van der Waals surface area (Å²) in [4.78, 5) is 22.9. The van der Waals surface area contributed by atoms with E-state index in [0.29, 0.717) is 6.42 Å². The van der Waals surface area contributed by atoms with Crippen molar-refractivity contribution in [2.75, 3.05) is 0 Å². The predicted molar refractivity (Wildman–Crippen MR) is 89.7 cm³/mol. The molecule has 0 heterocycles. The third-order valence-corrected chi connectivity index (χ3v) is 3.75. The van der Waals surface area contributed by atoms with Gasteiger partial charge in [0.1, 0.15) is 11.3 Å². The SMILES string of the molecule is CCCCCCC(=O)N[C@@H](Cc1cccc(C(=O)O)c1O)B(O)O. The molecule has 0 aliphatic rings. The van der Waals surface area contributed by atoms with Crippen LogP contribution >= 0.6 is 0 Å². The molecule has 0 saturated carbocycles. The Balaban J connectivity index is 2.72. The number of carboxylic acid groups (broad SMARTS) is 1. The van der Waals surface area contributed by atoms with Gasteiger partial charge in [-0.3, -0.25) is 4.79 Å². The van der Waals surface area contributed by atoms with E-state index in [2.05, 4.69) is 12.2 Å². The summed E-state index contributed by atoms with van der Waals surface area (Å²) < 4.78 is 0. The third-order valence-electron chi connectivity index (χ3n) is 3.75. The number of para-hydroxylation sites is 1. The van der Waals surface area contributed by atoms with Crippen molar-refractivity contribution < 1.29 is 29.9 Å². The molecule has 1 aromatic carbocycles. The Bertz CT molecular complexity index is 563. The first kappa shape index (κ1) is 20.0. The van der Waals surface area contributed by atoms with Gasteiger partial charge in [-0.1, -0.05) is 38.3 Å². The molecule has 0 saturated heterocycles. The zero-order valence-corrected chi connectivity index (χ0v) is 13.7. The van der Waals surface area contributed by atoms with Gasteiger partial charge in [0.05, 0.1) is 5.94 Å². The van der Waals surface area contributed by atoms with Crippen molar-refractivity contribution in [2.45, 2.75) is 51.4 Å². The molecule has 1 rings (SSSR count). The average molecular weight is 337 g/mol. The van der Waals surface area contributed by atoms with Gasteiger partial charge in [-0.2, -0.15) is 0 Å². The molecule has 24 heavy (non-hydrogen) atoms. The molecule has 8 heteroatoms. The van der Waals surface area contributed by atoms with Crippen molar-refractivity contribution in [1.82, 2.24) is 5.32 Å². The number of nitrogens with one attached hydrogen (secondary N) is 1. The molecule has 0 aliphatic carbocycles. The Hall–Kier alpha value is -2.06. The summed E-state index contributed by atoms with van der Waals surface area (Å²) in [5, 5.41) is 40.4. The second-order valence-electron chi connectivity index (χ2n) is 5.72. The lowest BCUT2D eigenvalue weighted by molar-refractivity contribution is -0.121. The molecule has 1 aromatic rings. The van der Waals surface area contributed by atoms with Crippen LogP contribution in [0.5, 0.6) is 5.75 Å². The monoisotopic (exact) mass is 337 g/mol. The highest BCUT2D eigenvalue weighted by Gasteiger charge is 2.27. The second kappa shape index (κ2) is 9.94. The van der Waals surface area contributed by atoms with E-state index in [9.17, 15) is 24.7 Å². The molecule has 0 aliphatic heterocycles. The van der Waals surface area contributed by atoms with Gasteiger partial charge in [0.15, 0.2) is 0 Å². The summed E-state index contributed by atoms with van der Waals surface area (Å²) in [7, 11) is -1.82. The standard InChI is InChI=1S/C16H24BNO6/c1-2-3-4-5-9-14(19)18-13(17(23)24)10-11-7-6-8-12(15(11)20)16(21)22/h6-8,13,20,23-24H,2-5,9-10H2,1H3,(H,18,19)(H,21,22)/t13-/m0/s1. The van der Waals surface area contributed by atoms with Crippen molar-refractivity contribution in [3.05, 3.63) is 29.3 Å². The summed E-state index contributed by atoms with van der Waals surface area (Å²) in [6, 6.07) is 4.17. The fraction of sp³-hybridized carbons (Fsp3) is 0.500. The first-order valence-electron chi connectivity index (χ1n) is 8.06. The second-order valence-corrected chi connectivity index (χ2v) is 5.72. The fourth-order valence-corrected chi connectivity index (χ4v) is 2.39. The van der Waals surface area contributed by atoms with Crippen LogP contribution in [0.3, 0.4) is 0 Å². The van der Waals surface area contributed by atoms with Gasteiger partial charge in [0.2, 0.25) is 5.91 Å². The van der Waals surface area contributed by atoms with E-state index in [4.69, 9.17) is 5.11 Å². The summed E-state index contributed by atoms with van der Waals surface area (Å²) in [6.07, 6.45) is 3.93. The number of unbranched alkanes of at least 4 members (excludes halogenated alkanes) is 3. The molecular formula is C16H24BNO6. The number of carbonyl (C=O) groups is 2. The minimum Gasteiger partial charge on any atom is -0.507 e. The number of carbonyl (C=O) groups excluding carboxylic acids is 1. The molecule has 0 aromatic heterocycles. The zero-order chi connectivity index (χ0) is 18.1. The number of amides is 1. The predicted octanol–water partition coefficient (Wildman–Crippen LogP) is 1.10. The maximum atomic E-state index is 11.9. The normalized spacial score (nSPS) is 11.8. The summed E-state index contributed by atoms with van der Waals surface area (Å²) in [6.45, 7) is 2.07. The molecule has 132 valence electrons. The summed E-state index contributed by atoms with van der Waals surface area (Å²) in [5.41, 5.74) is -0.0520. The first-order chi connectivity index (χ1) is 11.4. The van der Waals surface area contributed by atoms with Crippen LogP contribution in [-0.4, -0.2) is 45.2 Å². The number of rotatable bonds is 10. The summed E-state index contributed by atoms with van der Waals surface area (Å²) >= 11 is 0. The molecule has 0 unspecified atom stereocenters. The van der Waals surface area contributed by atoms with Crippen LogP contribution in [0.25, 0.3) is 0 Å². The van der Waals surface area contributed by atoms with Gasteiger partial charge in [-0.05, 0) is 24.5 Å². The Morgan fingerprint density at radius 2 is 1.92 bits per heavy atom. The highest BCUT2D eigenvalue weighted by Crippen LogP contribution is 2.24.